The summed E-state index contributed by atoms with van der Waals surface area (Å²) in [5.74, 6) is -1.01. The molecule has 0 aromatic rings. The van der Waals surface area contributed by atoms with Crippen LogP contribution in [0.15, 0.2) is 60.8 Å². The molecule has 11 nitrogen and oxygen atoms in total. The lowest BCUT2D eigenvalue weighted by atomic mass is 10.0. The van der Waals surface area contributed by atoms with Crippen LogP contribution in [-0.4, -0.2) is 76.9 Å². The van der Waals surface area contributed by atoms with Crippen LogP contribution in [0, 0.1) is 0 Å². The second-order valence-electron chi connectivity index (χ2n) is 13.5. The maximum absolute atomic E-state index is 12.6. The number of phosphoric acid groups is 1. The van der Waals surface area contributed by atoms with Gasteiger partial charge in [-0.15, -0.1) is 0 Å². The number of aliphatic hydroxyl groups is 3. The predicted molar refractivity (Wildman–Crippen MR) is 216 cm³/mol. The number of allylic oxidation sites excluding steroid dienone is 9. The van der Waals surface area contributed by atoms with Gasteiger partial charge in [0, 0.05) is 12.8 Å². The molecule has 0 rings (SSSR count). The molecule has 54 heavy (non-hydrogen) atoms. The number of phosphoric ester groups is 1. The Morgan fingerprint density at radius 1 is 0.630 bits per heavy atom. The standard InChI is InChI=1S/C42H73O11P/c1-3-5-6-7-8-9-10-13-18-21-24-27-30-33-42(47)53-40(37-52-54(48,49)51-35-39(45)34-43)36-50-41(46)32-29-26-23-20-17-15-12-11-14-16-19-22-25-28-31-38(44)4-2/h12,14-16,20,22-23,25,28,31,38-40,43-45H,3-11,13,17-19,21,24,26-27,29-30,32-37H2,1-2H3,(H,48,49)/b15-12-,16-14-,23-20-,25-22-,31-28+/t38-,39-,40+/m0/s1. The van der Waals surface area contributed by atoms with Crippen LogP contribution in [0.1, 0.15) is 149 Å². The molecule has 0 aromatic carbocycles. The summed E-state index contributed by atoms with van der Waals surface area (Å²) in [6, 6.07) is 0. The van der Waals surface area contributed by atoms with Crippen LogP contribution in [-0.2, 0) is 32.7 Å². The third-order valence-corrected chi connectivity index (χ3v) is 9.29. The van der Waals surface area contributed by atoms with E-state index in [1.54, 1.807) is 6.08 Å². The fourth-order valence-electron chi connectivity index (χ4n) is 5.04. The maximum Gasteiger partial charge on any atom is 0.472 e. The molecule has 1 unspecified atom stereocenters. The summed E-state index contributed by atoms with van der Waals surface area (Å²) >= 11 is 0. The third-order valence-electron chi connectivity index (χ3n) is 8.34. The topological polar surface area (TPSA) is 169 Å². The van der Waals surface area contributed by atoms with Crippen molar-refractivity contribution in [2.75, 3.05) is 26.4 Å². The average molecular weight is 785 g/mol. The number of hydrogen-bond acceptors (Lipinski definition) is 10. The lowest BCUT2D eigenvalue weighted by Gasteiger charge is -2.20. The van der Waals surface area contributed by atoms with Crippen molar-refractivity contribution in [2.45, 2.75) is 167 Å². The molecule has 0 amide bonds. The summed E-state index contributed by atoms with van der Waals surface area (Å²) < 4.78 is 32.6. The summed E-state index contributed by atoms with van der Waals surface area (Å²) in [5.41, 5.74) is 0. The Hall–Kier alpha value is -2.37. The fourth-order valence-corrected chi connectivity index (χ4v) is 5.83. The van der Waals surface area contributed by atoms with E-state index in [0.29, 0.717) is 25.7 Å². The Labute approximate surface area is 326 Å². The molecule has 0 aliphatic rings. The number of aliphatic hydroxyl groups excluding tert-OH is 3. The van der Waals surface area contributed by atoms with Crippen molar-refractivity contribution in [2.24, 2.45) is 0 Å². The van der Waals surface area contributed by atoms with Crippen LogP contribution in [0.4, 0.5) is 0 Å². The zero-order valence-electron chi connectivity index (χ0n) is 33.3. The molecular weight excluding hydrogens is 711 g/mol. The number of carbonyl (C=O) groups is 2. The monoisotopic (exact) mass is 784 g/mol. The summed E-state index contributed by atoms with van der Waals surface area (Å²) in [5, 5.41) is 27.8. The normalized spacial score (nSPS) is 15.1. The van der Waals surface area contributed by atoms with Crippen LogP contribution in [0.5, 0.6) is 0 Å². The van der Waals surface area contributed by atoms with Crippen LogP contribution >= 0.6 is 7.82 Å². The zero-order valence-corrected chi connectivity index (χ0v) is 34.2. The quantitative estimate of drug-likeness (QED) is 0.0156. The van der Waals surface area contributed by atoms with Crippen molar-refractivity contribution in [3.8, 4) is 0 Å². The number of ether oxygens (including phenoxy) is 2. The molecule has 0 spiro atoms. The van der Waals surface area contributed by atoms with Crippen molar-refractivity contribution < 1.29 is 52.9 Å². The molecular formula is C42H73O11P. The molecule has 0 saturated heterocycles. The number of rotatable bonds is 37. The number of hydrogen-bond donors (Lipinski definition) is 4. The van der Waals surface area contributed by atoms with Gasteiger partial charge in [-0.1, -0.05) is 152 Å². The predicted octanol–water partition coefficient (Wildman–Crippen LogP) is 9.30. The van der Waals surface area contributed by atoms with E-state index in [1.807, 2.05) is 37.3 Å². The molecule has 0 bridgehead atoms. The first kappa shape index (κ1) is 51.6. The minimum absolute atomic E-state index is 0.148. The van der Waals surface area contributed by atoms with E-state index in [9.17, 15) is 29.3 Å². The van der Waals surface area contributed by atoms with Gasteiger partial charge in [0.25, 0.3) is 0 Å². The van der Waals surface area contributed by atoms with Crippen molar-refractivity contribution in [1.29, 1.82) is 0 Å². The van der Waals surface area contributed by atoms with Gasteiger partial charge in [-0.05, 0) is 44.9 Å². The molecule has 4 N–H and O–H groups in total. The minimum Gasteiger partial charge on any atom is -0.462 e. The number of unbranched alkanes of at least 4 members (excludes halogenated alkanes) is 13. The number of carbonyl (C=O) groups excluding carboxylic acids is 2. The third kappa shape index (κ3) is 36.6. The molecule has 4 atom stereocenters. The molecule has 0 saturated carbocycles. The highest BCUT2D eigenvalue weighted by molar-refractivity contribution is 7.47. The maximum atomic E-state index is 12.6. The van der Waals surface area contributed by atoms with E-state index in [0.717, 1.165) is 38.5 Å². The van der Waals surface area contributed by atoms with Gasteiger partial charge in [0.05, 0.1) is 25.9 Å². The highest BCUT2D eigenvalue weighted by Crippen LogP contribution is 2.43. The van der Waals surface area contributed by atoms with E-state index in [2.05, 4.69) is 35.8 Å². The Morgan fingerprint density at radius 2 is 1.15 bits per heavy atom. The molecule has 312 valence electrons. The first-order valence-electron chi connectivity index (χ1n) is 20.4. The summed E-state index contributed by atoms with van der Waals surface area (Å²) in [6.07, 6.45) is 37.2. The first-order valence-corrected chi connectivity index (χ1v) is 21.8. The summed E-state index contributed by atoms with van der Waals surface area (Å²) in [4.78, 5) is 34.9. The van der Waals surface area contributed by atoms with Crippen molar-refractivity contribution in [3.63, 3.8) is 0 Å². The van der Waals surface area contributed by atoms with E-state index >= 15 is 0 Å². The number of esters is 2. The minimum atomic E-state index is -4.63. The van der Waals surface area contributed by atoms with Gasteiger partial charge in [0.15, 0.2) is 6.10 Å². The van der Waals surface area contributed by atoms with E-state index in [-0.39, 0.29) is 25.6 Å². The van der Waals surface area contributed by atoms with Crippen molar-refractivity contribution in [1.82, 2.24) is 0 Å². The zero-order chi connectivity index (χ0) is 40.0. The van der Waals surface area contributed by atoms with Gasteiger partial charge < -0.3 is 29.7 Å². The van der Waals surface area contributed by atoms with Crippen LogP contribution in [0.2, 0.25) is 0 Å². The van der Waals surface area contributed by atoms with Gasteiger partial charge in [0.2, 0.25) is 0 Å². The second-order valence-corrected chi connectivity index (χ2v) is 14.9. The summed E-state index contributed by atoms with van der Waals surface area (Å²) in [7, 11) is -4.63. The van der Waals surface area contributed by atoms with Gasteiger partial charge in [-0.2, -0.15) is 0 Å². The van der Waals surface area contributed by atoms with E-state index < -0.39 is 51.8 Å². The fraction of sp³-hybridized carbons (Fsp3) is 0.714. The van der Waals surface area contributed by atoms with Crippen molar-refractivity contribution >= 4 is 19.8 Å². The smallest absolute Gasteiger partial charge is 0.462 e. The molecule has 0 radical (unpaired) electrons. The molecule has 0 heterocycles. The van der Waals surface area contributed by atoms with Crippen LogP contribution < -0.4 is 0 Å². The second kappa shape index (κ2) is 37.5. The largest absolute Gasteiger partial charge is 0.472 e. The first-order chi connectivity index (χ1) is 26.1. The lowest BCUT2D eigenvalue weighted by Crippen LogP contribution is -2.29. The van der Waals surface area contributed by atoms with E-state index in [4.69, 9.17) is 19.1 Å². The van der Waals surface area contributed by atoms with Gasteiger partial charge in [-0.3, -0.25) is 18.6 Å². The molecule has 0 aromatic heterocycles. The van der Waals surface area contributed by atoms with Crippen molar-refractivity contribution in [3.05, 3.63) is 60.8 Å². The molecule has 12 heteroatoms. The highest BCUT2D eigenvalue weighted by atomic mass is 31.2. The Kier molecular flexibility index (Phi) is 35.9. The van der Waals surface area contributed by atoms with Crippen LogP contribution in [0.3, 0.4) is 0 Å². The lowest BCUT2D eigenvalue weighted by molar-refractivity contribution is -0.161. The van der Waals surface area contributed by atoms with Crippen LogP contribution in [0.25, 0.3) is 0 Å². The molecule has 0 fully saturated rings. The van der Waals surface area contributed by atoms with Gasteiger partial charge in [-0.25, -0.2) is 4.57 Å². The highest BCUT2D eigenvalue weighted by Gasteiger charge is 2.27. The average Bonchev–Trinajstić information content (AvgIpc) is 3.16. The Morgan fingerprint density at radius 3 is 1.72 bits per heavy atom. The SMILES string of the molecule is CCCCCCCCCCCCCCCC(=O)O[C@H](COC(=O)CCC/C=C\C/C=C\C/C=C\C/C=C\C=C\[C@@H](O)CC)COP(=O)(O)OC[C@@H](O)CO. The Bertz CT molecular complexity index is 1100. The van der Waals surface area contributed by atoms with Gasteiger partial charge >= 0.3 is 19.8 Å². The van der Waals surface area contributed by atoms with Gasteiger partial charge in [0.1, 0.15) is 12.7 Å². The molecule has 0 aliphatic heterocycles. The van der Waals surface area contributed by atoms with E-state index in [1.165, 1.54) is 57.8 Å². The molecule has 0 aliphatic carbocycles. The summed E-state index contributed by atoms with van der Waals surface area (Å²) in [6.45, 7) is 1.96. The Balaban J connectivity index is 4.45.